The average Bonchev–Trinajstić information content (AvgIpc) is 1.64. The van der Waals surface area contributed by atoms with Gasteiger partial charge in [0.1, 0.15) is 6.10 Å². The van der Waals surface area contributed by atoms with Crippen LogP contribution in [0, 0.1) is 0 Å². The van der Waals surface area contributed by atoms with E-state index in [-0.39, 0.29) is 24.4 Å². The monoisotopic (exact) mass is 1820 g/mol. The minimum absolute atomic E-state index is 0.0490. The number of aliphatic hydroxyl groups is 10. The fourth-order valence-electron chi connectivity index (χ4n) is 13.8. The van der Waals surface area contributed by atoms with Gasteiger partial charge in [-0.15, -0.1) is 0 Å². The van der Waals surface area contributed by atoms with Crippen molar-refractivity contribution in [3.8, 4) is 0 Å². The zero-order valence-corrected chi connectivity index (χ0v) is 69.0. The summed E-state index contributed by atoms with van der Waals surface area (Å²) in [6, 6.07) is 58.4. The topological polar surface area (TPSA) is 405 Å². The lowest BCUT2D eigenvalue weighted by Gasteiger charge is -2.29. The molecule has 3 unspecified atom stereocenters. The molecule has 4 aliphatic rings. The van der Waals surface area contributed by atoms with Gasteiger partial charge in [0.05, 0.1) is 48.5 Å². The maximum atomic E-state index is 12.8. The number of halogens is 4. The molecule has 8 aromatic rings. The van der Waals surface area contributed by atoms with Gasteiger partial charge in [0.2, 0.25) is 0 Å². The molecule has 0 aromatic heterocycles. The van der Waals surface area contributed by atoms with Gasteiger partial charge in [-0.2, -0.15) is 0 Å². The number of nitrogens with one attached hydrogen (secondary N) is 5. The van der Waals surface area contributed by atoms with E-state index in [1.807, 2.05) is 183 Å². The zero-order chi connectivity index (χ0) is 82.8. The Morgan fingerprint density at radius 1 is 0.386 bits per heavy atom. The Morgan fingerprint density at radius 2 is 0.711 bits per heavy atom. The summed E-state index contributed by atoms with van der Waals surface area (Å²) in [7, 11) is 0. The van der Waals surface area contributed by atoms with Gasteiger partial charge in [0.15, 0.2) is 48.5 Å². The molecule has 2 heterocycles. The molecule has 15 N–H and O–H groups in total. The Kier molecular flexibility index (Phi) is 32.6. The Balaban J connectivity index is 0.000000174. The van der Waals surface area contributed by atoms with Crippen molar-refractivity contribution >= 4 is 111 Å². The van der Waals surface area contributed by atoms with Gasteiger partial charge < -0.3 is 87.4 Å². The number of Topliss-reactive ketones (excluding diaryl/α,β-unsaturated/α-hetero) is 1. The van der Waals surface area contributed by atoms with Gasteiger partial charge in [0, 0.05) is 56.8 Å². The average molecular weight is 1820 g/mol. The minimum atomic E-state index is -1.97. The number of aliphatic hydroxyl groups excluding tert-OH is 10. The molecule has 0 saturated carbocycles. The zero-order valence-electron chi connectivity index (χ0n) is 62.7. The minimum Gasteiger partial charge on any atom is -0.390 e. The van der Waals surface area contributed by atoms with Crippen LogP contribution < -0.4 is 26.6 Å². The maximum Gasteiger partial charge on any atom is 0.255 e. The SMILES string of the molecule is C[C@H](CC(=O)[C@H](O)[C@@H](O)C(=O)N1Cc2ccccc2C1)c1ccc(Br)cc1.C[C@H](NC(=O)[C@H](O)[C@@H](O)C(=O)N1CCCC1c1ccccc1)c1ccc(Br)cc1.C[C@H](NC(=O)[C@H](O)[C@@H](O)C(=O)NC1c2ccccc2C[C@@H]1O)c1ccc(Br)cc1.C[C@H](NC(=O)[C@H](O)[C@@H](O)C(=O)NC1c2ccccc2C[C@H]1O)c1ccc(Br)cc1. The molecular weight excluding hydrogens is 1730 g/mol. The summed E-state index contributed by atoms with van der Waals surface area (Å²) >= 11 is 13.4. The summed E-state index contributed by atoms with van der Waals surface area (Å²) in [6.45, 7) is 8.34. The van der Waals surface area contributed by atoms with Crippen LogP contribution in [0.5, 0.6) is 0 Å². The van der Waals surface area contributed by atoms with E-state index in [9.17, 15) is 89.4 Å². The number of benzene rings is 8. The molecule has 17 atom stereocenters. The van der Waals surface area contributed by atoms with Crippen molar-refractivity contribution < 1.29 is 89.4 Å². The normalized spacial score (nSPS) is 19.5. The van der Waals surface area contributed by atoms with Crippen LogP contribution in [0.1, 0.15) is 150 Å². The first-order chi connectivity index (χ1) is 54.3. The second-order valence-corrected chi connectivity index (χ2v) is 32.2. The van der Waals surface area contributed by atoms with Gasteiger partial charge in [-0.1, -0.05) is 222 Å². The molecule has 0 bridgehead atoms. The number of amides is 7. The standard InChI is InChI=1S/C22H25BrN2O4.2C21H23BrN2O5.C21H22BrNO4/c1-14(15-9-11-17(23)12-10-15)24-21(28)19(26)20(27)22(29)25-13-5-8-18(25)16-6-3-2-4-7-16;2*1-11(12-6-8-14(22)9-7-12)23-20(28)18(26)19(27)21(29)24-17-15-5-3-2-4-13(15)10-16(17)25;1-13(14-6-8-17(22)9-7-14)10-18(24)19(25)20(26)21(27)23-11-15-4-2-3-5-16(15)12-23/h2-4,6-7,9-12,14,18-20,26-27H,5,8,13H2,1H3,(H,24,28);2*2-9,11,16-19,25-27H,10H2,1H3,(H,23,28)(H,24,29);2-9,13,19-20,25-26H,10-12H2,1H3/t14-,18?,19+,20+;11-,16+,17?,18+,19+;11-,16-,17?,18+,19+;13-,19+,20-/m0001/s1. The molecule has 0 spiro atoms. The molecule has 7 amide bonds. The highest BCUT2D eigenvalue weighted by molar-refractivity contribution is 9.11. The predicted molar refractivity (Wildman–Crippen MR) is 437 cm³/mol. The van der Waals surface area contributed by atoms with Crippen molar-refractivity contribution in [3.05, 3.63) is 279 Å². The van der Waals surface area contributed by atoms with Crippen LogP contribution in [-0.4, -0.2) is 176 Å². The van der Waals surface area contributed by atoms with E-state index >= 15 is 0 Å². The van der Waals surface area contributed by atoms with Gasteiger partial charge >= 0.3 is 0 Å². The largest absolute Gasteiger partial charge is 0.390 e. The number of likely N-dealkylation sites (tertiary alicyclic amines) is 1. The number of ketones is 1. The Labute approximate surface area is 693 Å². The van der Waals surface area contributed by atoms with E-state index in [2.05, 4.69) is 90.3 Å². The van der Waals surface area contributed by atoms with Crippen molar-refractivity contribution in [2.45, 2.75) is 176 Å². The highest BCUT2D eigenvalue weighted by atomic mass is 79.9. The van der Waals surface area contributed by atoms with E-state index in [0.717, 1.165) is 91.9 Å². The third-order valence-electron chi connectivity index (χ3n) is 20.4. The van der Waals surface area contributed by atoms with E-state index in [1.165, 1.54) is 4.90 Å². The quantitative estimate of drug-likeness (QED) is 0.0275. The molecule has 1 saturated heterocycles. The number of carbonyl (C=O) groups excluding carboxylic acids is 8. The lowest BCUT2D eigenvalue weighted by Crippen LogP contribution is -2.51. The Bertz CT molecular complexity index is 4440. The van der Waals surface area contributed by atoms with Gasteiger partial charge in [0.25, 0.3) is 41.4 Å². The van der Waals surface area contributed by atoms with Crippen LogP contribution in [-0.2, 0) is 64.3 Å². The molecule has 604 valence electrons. The van der Waals surface area contributed by atoms with Crippen molar-refractivity contribution in [2.24, 2.45) is 0 Å². The summed E-state index contributed by atoms with van der Waals surface area (Å²) in [5, 5.41) is 115. The molecule has 8 aromatic carbocycles. The lowest BCUT2D eigenvalue weighted by molar-refractivity contribution is -0.154. The molecule has 25 nitrogen and oxygen atoms in total. The predicted octanol–water partition coefficient (Wildman–Crippen LogP) is 7.73. The molecule has 12 rings (SSSR count). The fraction of sp³-hybridized carbons (Fsp3) is 0.341. The lowest BCUT2D eigenvalue weighted by atomic mass is 9.92. The van der Waals surface area contributed by atoms with Crippen LogP contribution in [0.15, 0.2) is 218 Å². The molecule has 0 radical (unpaired) electrons. The number of hydrogen-bond acceptors (Lipinski definition) is 18. The number of nitrogens with zero attached hydrogens (tertiary/aromatic N) is 2. The maximum absolute atomic E-state index is 12.8. The summed E-state index contributed by atoms with van der Waals surface area (Å²) in [6.07, 6.45) is -14.2. The second-order valence-electron chi connectivity index (χ2n) is 28.5. The summed E-state index contributed by atoms with van der Waals surface area (Å²) < 4.78 is 3.64. The van der Waals surface area contributed by atoms with Gasteiger partial charge in [-0.3, -0.25) is 38.4 Å². The van der Waals surface area contributed by atoms with Crippen molar-refractivity contribution in [1.29, 1.82) is 0 Å². The molecule has 2 aliphatic carbocycles. The molecule has 114 heavy (non-hydrogen) atoms. The second kappa shape index (κ2) is 41.7. The van der Waals surface area contributed by atoms with Crippen molar-refractivity contribution in [2.75, 3.05) is 6.54 Å². The fourth-order valence-corrected chi connectivity index (χ4v) is 14.8. The van der Waals surface area contributed by atoms with Gasteiger partial charge in [-0.25, -0.2) is 0 Å². The highest BCUT2D eigenvalue weighted by Gasteiger charge is 2.42. The van der Waals surface area contributed by atoms with Crippen LogP contribution in [0.25, 0.3) is 0 Å². The summed E-state index contributed by atoms with van der Waals surface area (Å²) in [5.74, 6) is -6.28. The first-order valence-electron chi connectivity index (χ1n) is 37.0. The first kappa shape index (κ1) is 89.2. The number of hydrogen-bond donors (Lipinski definition) is 15. The van der Waals surface area contributed by atoms with E-state index < -0.39 is 132 Å². The molecule has 1 fully saturated rings. The van der Waals surface area contributed by atoms with E-state index in [0.29, 0.717) is 32.5 Å². The van der Waals surface area contributed by atoms with Crippen molar-refractivity contribution in [1.82, 2.24) is 36.4 Å². The third-order valence-corrected chi connectivity index (χ3v) is 22.5. The van der Waals surface area contributed by atoms with E-state index in [1.54, 1.807) is 49.9 Å². The molecular formula is C85H93Br4N7O18. The van der Waals surface area contributed by atoms with Crippen LogP contribution in [0.4, 0.5) is 0 Å². The number of fused-ring (bicyclic) bond motifs is 3. The number of carbonyl (C=O) groups is 8. The van der Waals surface area contributed by atoms with Crippen molar-refractivity contribution in [3.63, 3.8) is 0 Å². The third kappa shape index (κ3) is 23.5. The van der Waals surface area contributed by atoms with Gasteiger partial charge in [-0.05, 0) is 149 Å². The summed E-state index contributed by atoms with van der Waals surface area (Å²) in [4.78, 5) is 102. The Hall–Kier alpha value is -8.76. The summed E-state index contributed by atoms with van der Waals surface area (Å²) in [5.41, 5.74) is 9.73. The van der Waals surface area contributed by atoms with Crippen LogP contribution >= 0.6 is 63.7 Å². The smallest absolute Gasteiger partial charge is 0.255 e. The number of rotatable bonds is 24. The molecule has 29 heteroatoms. The van der Waals surface area contributed by atoms with Crippen LogP contribution in [0.2, 0.25) is 0 Å². The Morgan fingerprint density at radius 3 is 1.10 bits per heavy atom. The van der Waals surface area contributed by atoms with Crippen LogP contribution in [0.3, 0.4) is 0 Å². The highest BCUT2D eigenvalue weighted by Crippen LogP contribution is 2.36. The first-order valence-corrected chi connectivity index (χ1v) is 40.2. The molecule has 2 aliphatic heterocycles. The van der Waals surface area contributed by atoms with E-state index in [4.69, 9.17) is 0 Å².